The molecular formula is C9H16N4. The molecule has 13 heavy (non-hydrogen) atoms. The van der Waals surface area contributed by atoms with Crippen LogP contribution in [-0.2, 0) is 6.54 Å². The molecule has 0 unspecified atom stereocenters. The van der Waals surface area contributed by atoms with Gasteiger partial charge in [-0.3, -0.25) is 0 Å². The Labute approximate surface area is 78.8 Å². The van der Waals surface area contributed by atoms with Gasteiger partial charge in [0.2, 0.25) is 5.95 Å². The van der Waals surface area contributed by atoms with Crippen molar-refractivity contribution >= 4 is 5.95 Å². The van der Waals surface area contributed by atoms with E-state index in [1.165, 1.54) is 0 Å². The highest BCUT2D eigenvalue weighted by Gasteiger charge is 2.07. The lowest BCUT2D eigenvalue weighted by molar-refractivity contribution is 0.898. The van der Waals surface area contributed by atoms with Gasteiger partial charge in [-0.25, -0.2) is 9.97 Å². The molecule has 1 aromatic rings. The van der Waals surface area contributed by atoms with Gasteiger partial charge in [0.1, 0.15) is 0 Å². The van der Waals surface area contributed by atoms with Gasteiger partial charge in [-0.1, -0.05) is 0 Å². The first-order valence-corrected chi connectivity index (χ1v) is 4.27. The summed E-state index contributed by atoms with van der Waals surface area (Å²) < 4.78 is 0. The number of hydrogen-bond acceptors (Lipinski definition) is 4. The molecule has 0 fully saturated rings. The van der Waals surface area contributed by atoms with E-state index >= 15 is 0 Å². The van der Waals surface area contributed by atoms with Crippen LogP contribution in [0.15, 0.2) is 0 Å². The van der Waals surface area contributed by atoms with Crippen LogP contribution in [0.25, 0.3) is 0 Å². The average molecular weight is 180 g/mol. The van der Waals surface area contributed by atoms with E-state index in [0.717, 1.165) is 22.9 Å². The minimum absolute atomic E-state index is 0.505. The molecule has 0 atom stereocenters. The largest absolute Gasteiger partial charge is 0.347 e. The molecule has 2 N–H and O–H groups in total. The monoisotopic (exact) mass is 180 g/mol. The third-order valence-corrected chi connectivity index (χ3v) is 2.01. The minimum Gasteiger partial charge on any atom is -0.347 e. The third-order valence-electron chi connectivity index (χ3n) is 2.01. The van der Waals surface area contributed by atoms with E-state index in [1.54, 1.807) is 0 Å². The molecule has 0 bridgehead atoms. The number of aromatic nitrogens is 2. The SMILES string of the molecule is Cc1nc(N(C)C)nc(C)c1CN. The second-order valence-electron chi connectivity index (χ2n) is 3.27. The molecule has 1 rings (SSSR count). The van der Waals surface area contributed by atoms with Gasteiger partial charge < -0.3 is 10.6 Å². The molecular weight excluding hydrogens is 164 g/mol. The van der Waals surface area contributed by atoms with Gasteiger partial charge in [0.25, 0.3) is 0 Å². The summed E-state index contributed by atoms with van der Waals surface area (Å²) in [6.07, 6.45) is 0. The molecule has 1 aromatic heterocycles. The first-order valence-electron chi connectivity index (χ1n) is 4.27. The van der Waals surface area contributed by atoms with E-state index in [9.17, 15) is 0 Å². The molecule has 0 amide bonds. The summed E-state index contributed by atoms with van der Waals surface area (Å²) in [5.41, 5.74) is 8.57. The van der Waals surface area contributed by atoms with Crippen LogP contribution in [0.2, 0.25) is 0 Å². The zero-order valence-electron chi connectivity index (χ0n) is 8.63. The second-order valence-corrected chi connectivity index (χ2v) is 3.27. The Balaban J connectivity index is 3.20. The molecule has 0 aliphatic carbocycles. The summed E-state index contributed by atoms with van der Waals surface area (Å²) >= 11 is 0. The summed E-state index contributed by atoms with van der Waals surface area (Å²) in [4.78, 5) is 10.6. The number of hydrogen-bond donors (Lipinski definition) is 1. The van der Waals surface area contributed by atoms with Crippen LogP contribution in [0.5, 0.6) is 0 Å². The summed E-state index contributed by atoms with van der Waals surface area (Å²) in [5, 5.41) is 0. The van der Waals surface area contributed by atoms with Crippen LogP contribution >= 0.6 is 0 Å². The molecule has 0 aliphatic rings. The first-order chi connectivity index (χ1) is 6.06. The molecule has 1 heterocycles. The van der Waals surface area contributed by atoms with Crippen molar-refractivity contribution < 1.29 is 0 Å². The lowest BCUT2D eigenvalue weighted by Crippen LogP contribution is -2.16. The van der Waals surface area contributed by atoms with Gasteiger partial charge in [0.15, 0.2) is 0 Å². The van der Waals surface area contributed by atoms with E-state index in [0.29, 0.717) is 6.54 Å². The topological polar surface area (TPSA) is 55.0 Å². The normalized spacial score (nSPS) is 10.2. The fraction of sp³-hybridized carbons (Fsp3) is 0.556. The molecule has 0 radical (unpaired) electrons. The molecule has 72 valence electrons. The van der Waals surface area contributed by atoms with Crippen LogP contribution in [0.4, 0.5) is 5.95 Å². The van der Waals surface area contributed by atoms with Crippen LogP contribution in [0.3, 0.4) is 0 Å². The van der Waals surface area contributed by atoms with Gasteiger partial charge in [-0.2, -0.15) is 0 Å². The number of nitrogens with zero attached hydrogens (tertiary/aromatic N) is 3. The molecule has 4 heteroatoms. The van der Waals surface area contributed by atoms with Crippen molar-refractivity contribution in [3.05, 3.63) is 17.0 Å². The van der Waals surface area contributed by atoms with Crippen molar-refractivity contribution in [1.29, 1.82) is 0 Å². The fourth-order valence-electron chi connectivity index (χ4n) is 1.22. The number of rotatable bonds is 2. The number of anilines is 1. The van der Waals surface area contributed by atoms with E-state index in [1.807, 2.05) is 32.8 Å². The van der Waals surface area contributed by atoms with Crippen molar-refractivity contribution in [3.8, 4) is 0 Å². The predicted octanol–water partition coefficient (Wildman–Crippen LogP) is 0.618. The Bertz CT molecular complexity index is 283. The highest BCUT2D eigenvalue weighted by atomic mass is 15.2. The first kappa shape index (κ1) is 9.92. The molecule has 0 aromatic carbocycles. The molecule has 0 aliphatic heterocycles. The minimum atomic E-state index is 0.505. The molecule has 4 nitrogen and oxygen atoms in total. The van der Waals surface area contributed by atoms with Crippen LogP contribution in [0, 0.1) is 13.8 Å². The molecule has 0 spiro atoms. The zero-order chi connectivity index (χ0) is 10.0. The standard InChI is InChI=1S/C9H16N4/c1-6-8(5-10)7(2)12-9(11-6)13(3)4/h5,10H2,1-4H3. The maximum atomic E-state index is 5.58. The summed E-state index contributed by atoms with van der Waals surface area (Å²) in [7, 11) is 3.85. The van der Waals surface area contributed by atoms with Crippen molar-refractivity contribution in [2.24, 2.45) is 5.73 Å². The van der Waals surface area contributed by atoms with Gasteiger partial charge in [0, 0.05) is 37.6 Å². The number of nitrogens with two attached hydrogens (primary N) is 1. The van der Waals surface area contributed by atoms with Crippen LogP contribution < -0.4 is 10.6 Å². The summed E-state index contributed by atoms with van der Waals surface area (Å²) in [6.45, 7) is 4.43. The molecule has 0 saturated carbocycles. The summed E-state index contributed by atoms with van der Waals surface area (Å²) in [5.74, 6) is 0.743. The lowest BCUT2D eigenvalue weighted by Gasteiger charge is -2.13. The Morgan fingerprint density at radius 1 is 1.15 bits per heavy atom. The van der Waals surface area contributed by atoms with Crippen molar-refractivity contribution in [2.45, 2.75) is 20.4 Å². The van der Waals surface area contributed by atoms with Gasteiger partial charge in [-0.15, -0.1) is 0 Å². The van der Waals surface area contributed by atoms with E-state index < -0.39 is 0 Å². The Morgan fingerprint density at radius 3 is 1.92 bits per heavy atom. The highest BCUT2D eigenvalue weighted by molar-refractivity contribution is 5.34. The van der Waals surface area contributed by atoms with Crippen LogP contribution in [0.1, 0.15) is 17.0 Å². The summed E-state index contributed by atoms with van der Waals surface area (Å²) in [6, 6.07) is 0. The van der Waals surface area contributed by atoms with E-state index in [2.05, 4.69) is 9.97 Å². The van der Waals surface area contributed by atoms with Gasteiger partial charge in [0.05, 0.1) is 0 Å². The van der Waals surface area contributed by atoms with Crippen molar-refractivity contribution in [2.75, 3.05) is 19.0 Å². The van der Waals surface area contributed by atoms with Crippen molar-refractivity contribution in [3.63, 3.8) is 0 Å². The smallest absolute Gasteiger partial charge is 0.225 e. The highest BCUT2D eigenvalue weighted by Crippen LogP contribution is 2.12. The van der Waals surface area contributed by atoms with E-state index in [4.69, 9.17) is 5.73 Å². The Hall–Kier alpha value is -1.16. The maximum absolute atomic E-state index is 5.58. The van der Waals surface area contributed by atoms with Crippen LogP contribution in [-0.4, -0.2) is 24.1 Å². The Kier molecular flexibility index (Phi) is 2.83. The van der Waals surface area contributed by atoms with Crippen molar-refractivity contribution in [1.82, 2.24) is 9.97 Å². The zero-order valence-corrected chi connectivity index (χ0v) is 8.63. The maximum Gasteiger partial charge on any atom is 0.225 e. The van der Waals surface area contributed by atoms with E-state index in [-0.39, 0.29) is 0 Å². The number of aryl methyl sites for hydroxylation is 2. The lowest BCUT2D eigenvalue weighted by atomic mass is 10.2. The second kappa shape index (κ2) is 3.70. The fourth-order valence-corrected chi connectivity index (χ4v) is 1.22. The van der Waals surface area contributed by atoms with Gasteiger partial charge >= 0.3 is 0 Å². The van der Waals surface area contributed by atoms with Gasteiger partial charge in [-0.05, 0) is 13.8 Å². The average Bonchev–Trinajstić information content (AvgIpc) is 2.03. The Morgan fingerprint density at radius 2 is 1.62 bits per heavy atom. The predicted molar refractivity (Wildman–Crippen MR) is 53.7 cm³/mol. The quantitative estimate of drug-likeness (QED) is 0.724. The molecule has 0 saturated heterocycles. The third kappa shape index (κ3) is 1.95.